The average molecular weight is 274 g/mol. The zero-order chi connectivity index (χ0) is 13.7. The molecule has 112 valence electrons. The first-order valence-electron chi connectivity index (χ1n) is 9.23. The maximum Gasteiger partial charge on any atom is 0.142 e. The van der Waals surface area contributed by atoms with Crippen LogP contribution in [-0.2, 0) is 4.79 Å². The molecule has 0 amide bonds. The van der Waals surface area contributed by atoms with Crippen LogP contribution < -0.4 is 0 Å². The van der Waals surface area contributed by atoms with Gasteiger partial charge in [0.2, 0.25) is 0 Å². The third-order valence-corrected chi connectivity index (χ3v) is 7.36. The van der Waals surface area contributed by atoms with Gasteiger partial charge in [0.05, 0.1) is 0 Å². The monoisotopic (exact) mass is 274 g/mol. The average Bonchev–Trinajstić information content (AvgIpc) is 2.45. The maximum absolute atomic E-state index is 13.2. The van der Waals surface area contributed by atoms with Crippen molar-refractivity contribution in [2.45, 2.75) is 77.6 Å². The van der Waals surface area contributed by atoms with E-state index in [1.807, 2.05) is 0 Å². The van der Waals surface area contributed by atoms with E-state index < -0.39 is 0 Å². The van der Waals surface area contributed by atoms with Crippen LogP contribution in [-0.4, -0.2) is 5.78 Å². The van der Waals surface area contributed by atoms with Gasteiger partial charge in [-0.15, -0.1) is 0 Å². The van der Waals surface area contributed by atoms with E-state index in [2.05, 4.69) is 6.92 Å². The van der Waals surface area contributed by atoms with Crippen molar-refractivity contribution in [3.63, 3.8) is 0 Å². The van der Waals surface area contributed by atoms with Gasteiger partial charge in [0.25, 0.3) is 0 Å². The van der Waals surface area contributed by atoms with Gasteiger partial charge >= 0.3 is 0 Å². The molecule has 5 saturated carbocycles. The minimum Gasteiger partial charge on any atom is -0.299 e. The van der Waals surface area contributed by atoms with E-state index in [-0.39, 0.29) is 5.41 Å². The molecule has 5 fully saturated rings. The van der Waals surface area contributed by atoms with Gasteiger partial charge in [0, 0.05) is 11.3 Å². The Morgan fingerprint density at radius 1 is 0.900 bits per heavy atom. The van der Waals surface area contributed by atoms with E-state index in [0.29, 0.717) is 5.92 Å². The third kappa shape index (κ3) is 2.07. The minimum atomic E-state index is 0.165. The highest BCUT2D eigenvalue weighted by Gasteiger charge is 2.55. The second-order valence-electron chi connectivity index (χ2n) is 8.69. The molecule has 0 aromatic rings. The molecule has 1 nitrogen and oxygen atoms in total. The SMILES string of the molecule is CCC1CCC(C(=O)C23CC4CC(CC(C4)C2)C3)CC1. The molecule has 0 radical (unpaired) electrons. The van der Waals surface area contributed by atoms with Gasteiger partial charge in [-0.25, -0.2) is 0 Å². The van der Waals surface area contributed by atoms with Crippen LogP contribution in [0.15, 0.2) is 0 Å². The molecule has 0 aliphatic heterocycles. The summed E-state index contributed by atoms with van der Waals surface area (Å²) in [6, 6.07) is 0. The fourth-order valence-corrected chi connectivity index (χ4v) is 6.68. The Labute approximate surface area is 123 Å². The Morgan fingerprint density at radius 2 is 1.40 bits per heavy atom. The quantitative estimate of drug-likeness (QED) is 0.708. The van der Waals surface area contributed by atoms with Crippen LogP contribution in [0.4, 0.5) is 0 Å². The molecule has 0 atom stereocenters. The number of hydrogen-bond donors (Lipinski definition) is 0. The summed E-state index contributed by atoms with van der Waals surface area (Å²) >= 11 is 0. The smallest absolute Gasteiger partial charge is 0.142 e. The highest BCUT2D eigenvalue weighted by atomic mass is 16.1. The highest BCUT2D eigenvalue weighted by Crippen LogP contribution is 2.61. The number of Topliss-reactive ketones (excluding diaryl/α,β-unsaturated/α-hetero) is 1. The molecule has 0 unspecified atom stereocenters. The van der Waals surface area contributed by atoms with Crippen molar-refractivity contribution < 1.29 is 4.79 Å². The first kappa shape index (κ1) is 13.3. The fourth-order valence-electron chi connectivity index (χ4n) is 6.68. The molecule has 0 aromatic heterocycles. The number of rotatable bonds is 3. The normalized spacial score (nSPS) is 50.4. The van der Waals surface area contributed by atoms with Crippen molar-refractivity contribution in [3.05, 3.63) is 0 Å². The standard InChI is InChI=1S/C19H30O/c1-2-13-3-5-17(6-4-13)18(20)19-10-14-7-15(11-19)9-16(8-14)12-19/h13-17H,2-12H2,1H3. The van der Waals surface area contributed by atoms with E-state index in [4.69, 9.17) is 0 Å². The minimum absolute atomic E-state index is 0.165. The van der Waals surface area contributed by atoms with Crippen molar-refractivity contribution in [3.8, 4) is 0 Å². The Morgan fingerprint density at radius 3 is 1.85 bits per heavy atom. The zero-order valence-electron chi connectivity index (χ0n) is 13.1. The predicted octanol–water partition coefficient (Wildman–Crippen LogP) is 4.99. The molecule has 5 aliphatic rings. The molecule has 20 heavy (non-hydrogen) atoms. The summed E-state index contributed by atoms with van der Waals surface area (Å²) in [5.74, 6) is 4.82. The van der Waals surface area contributed by atoms with E-state index in [0.717, 1.165) is 29.5 Å². The maximum atomic E-state index is 13.2. The second-order valence-corrected chi connectivity index (χ2v) is 8.69. The Hall–Kier alpha value is -0.330. The summed E-state index contributed by atoms with van der Waals surface area (Å²) in [4.78, 5) is 13.2. The molecule has 4 bridgehead atoms. The lowest BCUT2D eigenvalue weighted by Crippen LogP contribution is -2.51. The zero-order valence-corrected chi connectivity index (χ0v) is 13.1. The van der Waals surface area contributed by atoms with Gasteiger partial charge in [0.15, 0.2) is 0 Å². The van der Waals surface area contributed by atoms with Crippen LogP contribution >= 0.6 is 0 Å². The van der Waals surface area contributed by atoms with Crippen LogP contribution in [0, 0.1) is 35.0 Å². The molecular formula is C19H30O. The number of carbonyl (C=O) groups is 1. The molecule has 0 saturated heterocycles. The molecule has 5 aliphatic carbocycles. The van der Waals surface area contributed by atoms with Crippen molar-refractivity contribution >= 4 is 5.78 Å². The van der Waals surface area contributed by atoms with E-state index >= 15 is 0 Å². The Kier molecular flexibility index (Phi) is 3.23. The van der Waals surface area contributed by atoms with Crippen LogP contribution in [0.1, 0.15) is 77.6 Å². The highest BCUT2D eigenvalue weighted by molar-refractivity contribution is 5.87. The molecule has 0 spiro atoms. The lowest BCUT2D eigenvalue weighted by Gasteiger charge is -2.56. The molecule has 5 rings (SSSR count). The van der Waals surface area contributed by atoms with Crippen molar-refractivity contribution in [2.24, 2.45) is 35.0 Å². The van der Waals surface area contributed by atoms with E-state index in [1.165, 1.54) is 70.6 Å². The van der Waals surface area contributed by atoms with Crippen LogP contribution in [0.5, 0.6) is 0 Å². The van der Waals surface area contributed by atoms with Gasteiger partial charge in [-0.3, -0.25) is 4.79 Å². The first-order valence-corrected chi connectivity index (χ1v) is 9.23. The number of hydrogen-bond acceptors (Lipinski definition) is 1. The van der Waals surface area contributed by atoms with Gasteiger partial charge in [-0.1, -0.05) is 13.3 Å². The van der Waals surface area contributed by atoms with E-state index in [9.17, 15) is 4.79 Å². The summed E-state index contributed by atoms with van der Waals surface area (Å²) < 4.78 is 0. The predicted molar refractivity (Wildman–Crippen MR) is 81.4 cm³/mol. The molecule has 0 aromatic carbocycles. The molecular weight excluding hydrogens is 244 g/mol. The molecule has 0 heterocycles. The number of carbonyl (C=O) groups excluding carboxylic acids is 1. The summed E-state index contributed by atoms with van der Waals surface area (Å²) in [5, 5.41) is 0. The molecule has 0 N–H and O–H groups in total. The summed E-state index contributed by atoms with van der Waals surface area (Å²) in [6.07, 6.45) is 14.5. The largest absolute Gasteiger partial charge is 0.299 e. The van der Waals surface area contributed by atoms with Crippen LogP contribution in [0.25, 0.3) is 0 Å². The van der Waals surface area contributed by atoms with E-state index in [1.54, 1.807) is 0 Å². The summed E-state index contributed by atoms with van der Waals surface area (Å²) in [7, 11) is 0. The van der Waals surface area contributed by atoms with Crippen molar-refractivity contribution in [1.29, 1.82) is 0 Å². The van der Waals surface area contributed by atoms with Gasteiger partial charge in [-0.2, -0.15) is 0 Å². The summed E-state index contributed by atoms with van der Waals surface area (Å²) in [5.41, 5.74) is 0.165. The topological polar surface area (TPSA) is 17.1 Å². The van der Waals surface area contributed by atoms with Gasteiger partial charge in [0.1, 0.15) is 5.78 Å². The van der Waals surface area contributed by atoms with Gasteiger partial charge < -0.3 is 0 Å². The first-order chi connectivity index (χ1) is 9.68. The van der Waals surface area contributed by atoms with Crippen molar-refractivity contribution in [2.75, 3.05) is 0 Å². The molecule has 1 heteroatoms. The lowest BCUT2D eigenvalue weighted by atomic mass is 9.47. The second kappa shape index (κ2) is 4.85. The van der Waals surface area contributed by atoms with Crippen molar-refractivity contribution in [1.82, 2.24) is 0 Å². The summed E-state index contributed by atoms with van der Waals surface area (Å²) in [6.45, 7) is 2.31. The fraction of sp³-hybridized carbons (Fsp3) is 0.947. The van der Waals surface area contributed by atoms with Gasteiger partial charge in [-0.05, 0) is 87.9 Å². The number of ketones is 1. The third-order valence-electron chi connectivity index (χ3n) is 7.36. The lowest BCUT2D eigenvalue weighted by molar-refractivity contribution is -0.149. The Balaban J connectivity index is 1.48. The Bertz CT molecular complexity index is 353. The van der Waals surface area contributed by atoms with Crippen LogP contribution in [0.2, 0.25) is 0 Å². The van der Waals surface area contributed by atoms with Crippen LogP contribution in [0.3, 0.4) is 0 Å².